The summed E-state index contributed by atoms with van der Waals surface area (Å²) < 4.78 is 5.20. The third-order valence-corrected chi connectivity index (χ3v) is 3.82. The Morgan fingerprint density at radius 1 is 1.38 bits per heavy atom. The maximum absolute atomic E-state index is 5.20. The van der Waals surface area contributed by atoms with E-state index in [0.717, 1.165) is 12.8 Å². The minimum absolute atomic E-state index is 0.138. The molecule has 0 aliphatic heterocycles. The molecule has 92 valence electrons. The zero-order valence-corrected chi connectivity index (χ0v) is 11.1. The Hall–Kier alpha value is -0.800. The number of nitrogens with zero attached hydrogens (tertiary/aromatic N) is 1. The van der Waals surface area contributed by atoms with E-state index in [4.69, 9.17) is 4.42 Å². The van der Waals surface area contributed by atoms with Crippen LogP contribution >= 0.6 is 0 Å². The molecule has 0 radical (unpaired) electrons. The van der Waals surface area contributed by atoms with Gasteiger partial charge in [0.15, 0.2) is 0 Å². The fourth-order valence-corrected chi connectivity index (χ4v) is 2.73. The Balaban J connectivity index is 3.08. The molecule has 0 saturated heterocycles. The minimum atomic E-state index is 0.138. The van der Waals surface area contributed by atoms with E-state index >= 15 is 0 Å². The molecule has 0 amide bonds. The number of nitrogens with one attached hydrogen (secondary N) is 1. The number of hydrogen-bond donors (Lipinski definition) is 1. The lowest BCUT2D eigenvalue weighted by molar-refractivity contribution is 0.0915. The van der Waals surface area contributed by atoms with Crippen molar-refractivity contribution in [1.82, 2.24) is 10.2 Å². The van der Waals surface area contributed by atoms with Gasteiger partial charge >= 0.3 is 0 Å². The molecule has 1 rings (SSSR count). The summed E-state index contributed by atoms with van der Waals surface area (Å²) in [6.07, 6.45) is 5.79. The highest BCUT2D eigenvalue weighted by Crippen LogP contribution is 2.35. The summed E-state index contributed by atoms with van der Waals surface area (Å²) in [6.45, 7) is 4.49. The van der Waals surface area contributed by atoms with Crippen LogP contribution in [0.4, 0.5) is 0 Å². The molecule has 0 aliphatic rings. The van der Waals surface area contributed by atoms with Gasteiger partial charge < -0.3 is 14.6 Å². The first-order chi connectivity index (χ1) is 7.62. The van der Waals surface area contributed by atoms with Crippen LogP contribution in [0.5, 0.6) is 0 Å². The van der Waals surface area contributed by atoms with E-state index in [2.05, 4.69) is 38.2 Å². The Morgan fingerprint density at radius 2 is 2.00 bits per heavy atom. The van der Waals surface area contributed by atoms with E-state index in [0.29, 0.717) is 6.04 Å². The van der Waals surface area contributed by atoms with E-state index < -0.39 is 0 Å². The highest BCUT2D eigenvalue weighted by atomic mass is 16.3. The highest BCUT2D eigenvalue weighted by Gasteiger charge is 2.38. The summed E-state index contributed by atoms with van der Waals surface area (Å²) >= 11 is 0. The molecule has 3 nitrogen and oxygen atoms in total. The van der Waals surface area contributed by atoms with Gasteiger partial charge in [0.25, 0.3) is 0 Å². The van der Waals surface area contributed by atoms with E-state index in [1.165, 1.54) is 5.56 Å². The van der Waals surface area contributed by atoms with Gasteiger partial charge in [-0.3, -0.25) is 0 Å². The van der Waals surface area contributed by atoms with Crippen molar-refractivity contribution in [3.05, 3.63) is 24.2 Å². The lowest BCUT2D eigenvalue weighted by atomic mass is 9.80. The van der Waals surface area contributed by atoms with Crippen molar-refractivity contribution in [3.63, 3.8) is 0 Å². The Kier molecular flexibility index (Phi) is 4.56. The standard InChI is InChI=1S/C13H24N2O/c1-6-13(7-2,15(4)5)12(14-3)11-8-9-16-10-11/h8-10,12,14H,6-7H2,1-5H3. The van der Waals surface area contributed by atoms with Crippen LogP contribution in [0.1, 0.15) is 38.3 Å². The summed E-state index contributed by atoms with van der Waals surface area (Å²) in [4.78, 5) is 2.32. The number of likely N-dealkylation sites (N-methyl/N-ethyl adjacent to an activating group) is 2. The van der Waals surface area contributed by atoms with E-state index in [9.17, 15) is 0 Å². The van der Waals surface area contributed by atoms with Crippen LogP contribution in [-0.2, 0) is 0 Å². The normalized spacial score (nSPS) is 14.4. The second kappa shape index (κ2) is 5.51. The molecule has 0 bridgehead atoms. The van der Waals surface area contributed by atoms with Crippen LogP contribution in [0.25, 0.3) is 0 Å². The molecule has 1 aromatic rings. The van der Waals surface area contributed by atoms with Crippen molar-refractivity contribution in [1.29, 1.82) is 0 Å². The summed E-state index contributed by atoms with van der Waals surface area (Å²) in [5, 5.41) is 3.43. The van der Waals surface area contributed by atoms with E-state index in [1.54, 1.807) is 6.26 Å². The second-order valence-corrected chi connectivity index (χ2v) is 4.48. The van der Waals surface area contributed by atoms with Gasteiger partial charge in [-0.15, -0.1) is 0 Å². The Bertz CT molecular complexity index is 289. The monoisotopic (exact) mass is 224 g/mol. The molecule has 16 heavy (non-hydrogen) atoms. The first-order valence-corrected chi connectivity index (χ1v) is 5.99. The van der Waals surface area contributed by atoms with Gasteiger partial charge in [0.1, 0.15) is 0 Å². The molecule has 1 unspecified atom stereocenters. The molecular formula is C13H24N2O. The van der Waals surface area contributed by atoms with Crippen molar-refractivity contribution >= 4 is 0 Å². The fourth-order valence-electron chi connectivity index (χ4n) is 2.73. The van der Waals surface area contributed by atoms with Crippen LogP contribution in [-0.4, -0.2) is 31.6 Å². The number of rotatable bonds is 6. The molecule has 1 atom stereocenters. The minimum Gasteiger partial charge on any atom is -0.472 e. The predicted octanol–water partition coefficient (Wildman–Crippen LogP) is 2.66. The van der Waals surface area contributed by atoms with Crippen molar-refractivity contribution in [2.24, 2.45) is 0 Å². The maximum Gasteiger partial charge on any atom is 0.0951 e. The van der Waals surface area contributed by atoms with Crippen molar-refractivity contribution in [2.45, 2.75) is 38.3 Å². The molecule has 0 spiro atoms. The molecule has 1 heterocycles. The molecule has 3 heteroatoms. The summed E-state index contributed by atoms with van der Waals surface area (Å²) in [7, 11) is 6.32. The van der Waals surface area contributed by atoms with E-state index in [1.807, 2.05) is 19.4 Å². The van der Waals surface area contributed by atoms with Gasteiger partial charge in [-0.25, -0.2) is 0 Å². The largest absolute Gasteiger partial charge is 0.472 e. The second-order valence-electron chi connectivity index (χ2n) is 4.48. The molecule has 0 aromatic carbocycles. The van der Waals surface area contributed by atoms with Gasteiger partial charge in [-0.1, -0.05) is 13.8 Å². The zero-order chi connectivity index (χ0) is 12.2. The van der Waals surface area contributed by atoms with Gasteiger partial charge in [0, 0.05) is 11.1 Å². The quantitative estimate of drug-likeness (QED) is 0.805. The number of hydrogen-bond acceptors (Lipinski definition) is 3. The van der Waals surface area contributed by atoms with E-state index in [-0.39, 0.29) is 5.54 Å². The van der Waals surface area contributed by atoms with Crippen LogP contribution in [0.15, 0.2) is 23.0 Å². The average molecular weight is 224 g/mol. The van der Waals surface area contributed by atoms with Crippen LogP contribution in [0, 0.1) is 0 Å². The molecule has 0 fully saturated rings. The molecule has 0 saturated carbocycles. The molecule has 1 N–H and O–H groups in total. The average Bonchev–Trinajstić information content (AvgIpc) is 2.78. The van der Waals surface area contributed by atoms with Gasteiger partial charge in [0.05, 0.1) is 18.6 Å². The highest BCUT2D eigenvalue weighted by molar-refractivity contribution is 5.18. The topological polar surface area (TPSA) is 28.4 Å². The third-order valence-electron chi connectivity index (χ3n) is 3.82. The van der Waals surface area contributed by atoms with Gasteiger partial charge in [-0.2, -0.15) is 0 Å². The maximum atomic E-state index is 5.20. The zero-order valence-electron chi connectivity index (χ0n) is 11.1. The summed E-state index contributed by atoms with van der Waals surface area (Å²) in [5.41, 5.74) is 1.36. The first kappa shape index (κ1) is 13.3. The lowest BCUT2D eigenvalue weighted by Gasteiger charge is -2.44. The molecule has 1 aromatic heterocycles. The van der Waals surface area contributed by atoms with Crippen molar-refractivity contribution in [3.8, 4) is 0 Å². The summed E-state index contributed by atoms with van der Waals surface area (Å²) in [6, 6.07) is 2.35. The lowest BCUT2D eigenvalue weighted by Crippen LogP contribution is -2.52. The van der Waals surface area contributed by atoms with Gasteiger partial charge in [-0.05, 0) is 40.1 Å². The van der Waals surface area contributed by atoms with Crippen LogP contribution in [0.3, 0.4) is 0 Å². The van der Waals surface area contributed by atoms with Crippen LogP contribution < -0.4 is 5.32 Å². The SMILES string of the molecule is CCC(CC)(C(NC)c1ccoc1)N(C)C. The Morgan fingerprint density at radius 3 is 2.31 bits per heavy atom. The molecule has 0 aliphatic carbocycles. The first-order valence-electron chi connectivity index (χ1n) is 5.99. The molecular weight excluding hydrogens is 200 g/mol. The Labute approximate surface area is 98.8 Å². The van der Waals surface area contributed by atoms with Crippen LogP contribution in [0.2, 0.25) is 0 Å². The predicted molar refractivity (Wildman–Crippen MR) is 67.5 cm³/mol. The smallest absolute Gasteiger partial charge is 0.0951 e. The number of furan rings is 1. The third kappa shape index (κ3) is 2.15. The van der Waals surface area contributed by atoms with Crippen molar-refractivity contribution < 1.29 is 4.42 Å². The van der Waals surface area contributed by atoms with Crippen molar-refractivity contribution in [2.75, 3.05) is 21.1 Å². The fraction of sp³-hybridized carbons (Fsp3) is 0.692. The summed E-state index contributed by atoms with van der Waals surface area (Å²) in [5.74, 6) is 0. The van der Waals surface area contributed by atoms with Gasteiger partial charge in [0.2, 0.25) is 0 Å².